The summed E-state index contributed by atoms with van der Waals surface area (Å²) in [6.45, 7) is 7.18. The highest BCUT2D eigenvalue weighted by Gasteiger charge is 2.31. The summed E-state index contributed by atoms with van der Waals surface area (Å²) in [6, 6.07) is 12.7. The number of amides is 1. The minimum absolute atomic E-state index is 0.127. The number of H-pyrrole nitrogens is 1. The van der Waals surface area contributed by atoms with Crippen molar-refractivity contribution in [2.45, 2.75) is 32.2 Å². The van der Waals surface area contributed by atoms with Gasteiger partial charge in [0.25, 0.3) is 5.91 Å². The normalized spacial score (nSPS) is 15.2. The van der Waals surface area contributed by atoms with E-state index in [1.54, 1.807) is 11.0 Å². The Morgan fingerprint density at radius 2 is 1.81 bits per heavy atom. The van der Waals surface area contributed by atoms with Crippen LogP contribution in [0.25, 0.3) is 11.3 Å². The number of aromatic amines is 1. The first-order chi connectivity index (χ1) is 12.4. The molecule has 1 aliphatic rings. The lowest BCUT2D eigenvalue weighted by molar-refractivity contribution is 0.0555. The van der Waals surface area contributed by atoms with E-state index in [1.807, 2.05) is 37.4 Å². The van der Waals surface area contributed by atoms with Crippen LogP contribution in [0.5, 0.6) is 0 Å². The number of carbonyl (C=O) groups is 1. The number of hydrogen-bond donors (Lipinski definition) is 1. The average Bonchev–Trinajstić information content (AvgIpc) is 3.13. The van der Waals surface area contributed by atoms with Gasteiger partial charge in [-0.2, -0.15) is 0 Å². The second-order valence-corrected chi connectivity index (χ2v) is 7.67. The van der Waals surface area contributed by atoms with Crippen molar-refractivity contribution >= 4 is 5.91 Å². The van der Waals surface area contributed by atoms with E-state index in [2.05, 4.69) is 23.7 Å². The first-order valence-electron chi connectivity index (χ1n) is 9.17. The summed E-state index contributed by atoms with van der Waals surface area (Å²) < 4.78 is 0. The first kappa shape index (κ1) is 18.4. The van der Waals surface area contributed by atoms with Crippen LogP contribution < -0.4 is 5.56 Å². The number of benzene rings is 1. The molecular formula is C21H27N3O2. The van der Waals surface area contributed by atoms with E-state index in [-0.39, 0.29) is 17.0 Å². The number of nitrogens with one attached hydrogen (secondary N) is 1. The van der Waals surface area contributed by atoms with Crippen LogP contribution in [0.4, 0.5) is 0 Å². The Kier molecular flexibility index (Phi) is 5.28. The lowest BCUT2D eigenvalue weighted by atomic mass is 10.0. The van der Waals surface area contributed by atoms with Gasteiger partial charge < -0.3 is 14.8 Å². The van der Waals surface area contributed by atoms with Crippen molar-refractivity contribution in [3.63, 3.8) is 0 Å². The number of likely N-dealkylation sites (N-methyl/N-ethyl adjacent to an activating group) is 1. The third kappa shape index (κ3) is 4.05. The molecule has 3 rings (SSSR count). The Hall–Kier alpha value is -2.40. The lowest BCUT2D eigenvalue weighted by Crippen LogP contribution is -2.52. The van der Waals surface area contributed by atoms with Crippen molar-refractivity contribution in [1.82, 2.24) is 14.8 Å². The van der Waals surface area contributed by atoms with Gasteiger partial charge in [0.15, 0.2) is 0 Å². The summed E-state index contributed by atoms with van der Waals surface area (Å²) in [4.78, 5) is 32.1. The van der Waals surface area contributed by atoms with Gasteiger partial charge in [0.1, 0.15) is 0 Å². The molecule has 0 aliphatic carbocycles. The lowest BCUT2D eigenvalue weighted by Gasteiger charge is -2.38. The zero-order valence-corrected chi connectivity index (χ0v) is 15.8. The molecule has 1 saturated heterocycles. The van der Waals surface area contributed by atoms with Crippen LogP contribution in [0.15, 0.2) is 47.3 Å². The third-order valence-electron chi connectivity index (χ3n) is 5.20. The molecule has 0 radical (unpaired) electrons. The average molecular weight is 353 g/mol. The second kappa shape index (κ2) is 7.46. The van der Waals surface area contributed by atoms with Gasteiger partial charge in [0.05, 0.1) is 0 Å². The van der Waals surface area contributed by atoms with E-state index in [0.29, 0.717) is 11.3 Å². The fourth-order valence-electron chi connectivity index (χ4n) is 3.50. The fraction of sp³-hybridized carbons (Fsp3) is 0.429. The minimum Gasteiger partial charge on any atom is -0.335 e. The van der Waals surface area contributed by atoms with E-state index < -0.39 is 0 Å². The largest absolute Gasteiger partial charge is 0.335 e. The van der Waals surface area contributed by atoms with E-state index >= 15 is 0 Å². The van der Waals surface area contributed by atoms with Crippen LogP contribution in [0.2, 0.25) is 0 Å². The number of carbonyl (C=O) groups excluding carboxylic acids is 1. The molecular weight excluding hydrogens is 326 g/mol. The van der Waals surface area contributed by atoms with Crippen molar-refractivity contribution in [3.8, 4) is 11.3 Å². The van der Waals surface area contributed by atoms with Gasteiger partial charge in [-0.1, -0.05) is 30.3 Å². The van der Waals surface area contributed by atoms with Crippen LogP contribution in [-0.4, -0.2) is 52.9 Å². The summed E-state index contributed by atoms with van der Waals surface area (Å²) in [7, 11) is 1.82. The number of rotatable bonds is 5. The van der Waals surface area contributed by atoms with Crippen LogP contribution in [0.3, 0.4) is 0 Å². The van der Waals surface area contributed by atoms with Crippen molar-refractivity contribution in [2.75, 3.05) is 26.7 Å². The van der Waals surface area contributed by atoms with Crippen LogP contribution >= 0.6 is 0 Å². The molecule has 1 N–H and O–H groups in total. The third-order valence-corrected chi connectivity index (χ3v) is 5.20. The molecule has 5 nitrogen and oxygen atoms in total. The topological polar surface area (TPSA) is 56.4 Å². The zero-order chi connectivity index (χ0) is 18.7. The van der Waals surface area contributed by atoms with Crippen molar-refractivity contribution < 1.29 is 4.79 Å². The van der Waals surface area contributed by atoms with Gasteiger partial charge >= 0.3 is 0 Å². The van der Waals surface area contributed by atoms with Crippen LogP contribution in [0, 0.1) is 0 Å². The van der Waals surface area contributed by atoms with Crippen molar-refractivity contribution in [3.05, 3.63) is 58.4 Å². The molecule has 1 fully saturated rings. The summed E-state index contributed by atoms with van der Waals surface area (Å²) in [5.74, 6) is -0.127. The Balaban J connectivity index is 1.84. The van der Waals surface area contributed by atoms with Crippen molar-refractivity contribution in [1.29, 1.82) is 0 Å². The molecule has 138 valence electrons. The molecule has 2 aromatic rings. The standard InChI is InChI=1S/C21H27N3O2/c1-21(2,15-24-11-7-8-12-24)23(3)20(26)17-13-18(22-19(25)14-17)16-9-5-4-6-10-16/h4-6,9-10,13-14H,7-8,11-12,15H2,1-3H3,(H,22,25). The Morgan fingerprint density at radius 3 is 2.46 bits per heavy atom. The smallest absolute Gasteiger partial charge is 0.254 e. The van der Waals surface area contributed by atoms with Crippen LogP contribution in [0.1, 0.15) is 37.0 Å². The highest BCUT2D eigenvalue weighted by Crippen LogP contribution is 2.22. The molecule has 2 heterocycles. The van der Waals surface area contributed by atoms with E-state index in [9.17, 15) is 9.59 Å². The van der Waals surface area contributed by atoms with Gasteiger partial charge in [0, 0.05) is 36.5 Å². The number of likely N-dealkylation sites (tertiary alicyclic amines) is 1. The van der Waals surface area contributed by atoms with Gasteiger partial charge in [-0.3, -0.25) is 9.59 Å². The molecule has 1 aromatic carbocycles. The highest BCUT2D eigenvalue weighted by molar-refractivity contribution is 5.95. The number of aromatic nitrogens is 1. The molecule has 0 spiro atoms. The quantitative estimate of drug-likeness (QED) is 0.899. The summed E-state index contributed by atoms with van der Waals surface area (Å²) in [5, 5.41) is 0. The molecule has 1 aromatic heterocycles. The monoisotopic (exact) mass is 353 g/mol. The maximum Gasteiger partial charge on any atom is 0.254 e. The minimum atomic E-state index is -0.309. The SMILES string of the molecule is CN(C(=O)c1cc(-c2ccccc2)[nH]c(=O)c1)C(C)(C)CN1CCCC1. The van der Waals surface area contributed by atoms with Gasteiger partial charge in [0.2, 0.25) is 5.56 Å². The predicted octanol–water partition coefficient (Wildman–Crippen LogP) is 2.99. The second-order valence-electron chi connectivity index (χ2n) is 7.67. The highest BCUT2D eigenvalue weighted by atomic mass is 16.2. The maximum absolute atomic E-state index is 13.1. The van der Waals surface area contributed by atoms with E-state index in [4.69, 9.17) is 0 Å². The number of hydrogen-bond acceptors (Lipinski definition) is 3. The van der Waals surface area contributed by atoms with E-state index in [1.165, 1.54) is 18.9 Å². The Morgan fingerprint density at radius 1 is 1.15 bits per heavy atom. The molecule has 0 saturated carbocycles. The fourth-order valence-corrected chi connectivity index (χ4v) is 3.50. The summed E-state index contributed by atoms with van der Waals surface area (Å²) in [6.07, 6.45) is 2.45. The molecule has 5 heteroatoms. The molecule has 1 amide bonds. The Bertz CT molecular complexity index is 821. The van der Waals surface area contributed by atoms with Crippen molar-refractivity contribution in [2.24, 2.45) is 0 Å². The van der Waals surface area contributed by atoms with Gasteiger partial charge in [-0.05, 0) is 51.4 Å². The van der Waals surface area contributed by atoms with E-state index in [0.717, 1.165) is 25.2 Å². The molecule has 0 atom stereocenters. The van der Waals surface area contributed by atoms with Gasteiger partial charge in [-0.25, -0.2) is 0 Å². The Labute approximate surface area is 154 Å². The zero-order valence-electron chi connectivity index (χ0n) is 15.8. The maximum atomic E-state index is 13.1. The first-order valence-corrected chi connectivity index (χ1v) is 9.17. The molecule has 0 unspecified atom stereocenters. The summed E-state index contributed by atoms with van der Waals surface area (Å²) in [5.41, 5.74) is 1.40. The number of nitrogens with zero attached hydrogens (tertiary/aromatic N) is 2. The number of pyridine rings is 1. The molecule has 1 aliphatic heterocycles. The predicted molar refractivity (Wildman–Crippen MR) is 104 cm³/mol. The summed E-state index contributed by atoms with van der Waals surface area (Å²) >= 11 is 0. The van der Waals surface area contributed by atoms with Crippen LogP contribution in [-0.2, 0) is 0 Å². The molecule has 0 bridgehead atoms. The molecule has 26 heavy (non-hydrogen) atoms. The van der Waals surface area contributed by atoms with Gasteiger partial charge in [-0.15, -0.1) is 0 Å².